The van der Waals surface area contributed by atoms with Gasteiger partial charge >= 0.3 is 24.0 Å². The van der Waals surface area contributed by atoms with Crippen LogP contribution in [-0.4, -0.2) is 44.7 Å². The molecule has 17 heteroatoms. The van der Waals surface area contributed by atoms with Gasteiger partial charge < -0.3 is 19.6 Å². The number of ether oxygens (including phenoxy) is 1. The highest BCUT2D eigenvalue weighted by atomic mass is 19.4. The van der Waals surface area contributed by atoms with Crippen LogP contribution in [0.3, 0.4) is 0 Å². The van der Waals surface area contributed by atoms with Crippen molar-refractivity contribution in [2.24, 2.45) is 0 Å². The Bertz CT molecular complexity index is 2070. The number of carboxylic acids is 1. The highest BCUT2D eigenvalue weighted by Gasteiger charge is 2.47. The van der Waals surface area contributed by atoms with Crippen LogP contribution < -0.4 is 16.6 Å². The van der Waals surface area contributed by atoms with Gasteiger partial charge in [0.15, 0.2) is 0 Å². The molecule has 4 heterocycles. The lowest BCUT2D eigenvalue weighted by Crippen LogP contribution is -2.50. The van der Waals surface area contributed by atoms with Crippen molar-refractivity contribution < 1.29 is 49.8 Å². The van der Waals surface area contributed by atoms with Gasteiger partial charge in [-0.2, -0.15) is 26.3 Å². The van der Waals surface area contributed by atoms with E-state index in [4.69, 9.17) is 14.3 Å². The van der Waals surface area contributed by atoms with Crippen molar-refractivity contribution in [3.8, 4) is 0 Å². The van der Waals surface area contributed by atoms with E-state index < -0.39 is 70.5 Å². The lowest BCUT2D eigenvalue weighted by Gasteiger charge is -2.38. The summed E-state index contributed by atoms with van der Waals surface area (Å²) in [6, 6.07) is 12.5. The van der Waals surface area contributed by atoms with Gasteiger partial charge in [-0.25, -0.2) is 9.18 Å². The number of fused-ring (bicyclic) bond motifs is 2. The number of halogens is 7. The van der Waals surface area contributed by atoms with E-state index in [2.05, 4.69) is 5.32 Å². The number of carboxylic acid groups (broad SMARTS) is 1. The molecule has 2 aromatic heterocycles. The topological polar surface area (TPSA) is 119 Å². The molecule has 0 aliphatic carbocycles. The van der Waals surface area contributed by atoms with E-state index >= 15 is 4.39 Å². The number of alkyl halides is 6. The molecule has 284 valence electrons. The molecule has 2 aliphatic heterocycles. The van der Waals surface area contributed by atoms with Crippen molar-refractivity contribution in [1.82, 2.24) is 19.4 Å². The highest BCUT2D eigenvalue weighted by molar-refractivity contribution is 5.66. The number of rotatable bonds is 12. The van der Waals surface area contributed by atoms with Gasteiger partial charge in [-0.15, -0.1) is 0 Å². The summed E-state index contributed by atoms with van der Waals surface area (Å²) in [4.78, 5) is 41.7. The molecule has 10 nitrogen and oxygen atoms in total. The van der Waals surface area contributed by atoms with Gasteiger partial charge in [0.1, 0.15) is 17.2 Å². The summed E-state index contributed by atoms with van der Waals surface area (Å²) in [6.45, 7) is -0.842. The van der Waals surface area contributed by atoms with E-state index in [0.29, 0.717) is 11.6 Å². The van der Waals surface area contributed by atoms with Gasteiger partial charge in [0.2, 0.25) is 5.76 Å². The van der Waals surface area contributed by atoms with Crippen molar-refractivity contribution in [3.05, 3.63) is 127 Å². The van der Waals surface area contributed by atoms with Gasteiger partial charge in [-0.3, -0.25) is 23.6 Å². The maximum absolute atomic E-state index is 15.2. The minimum absolute atomic E-state index is 0.00705. The van der Waals surface area contributed by atoms with E-state index in [1.54, 1.807) is 30.3 Å². The number of likely N-dealkylation sites (tertiary alicyclic amines) is 1. The smallest absolute Gasteiger partial charge is 0.449 e. The maximum atomic E-state index is 15.2. The highest BCUT2D eigenvalue weighted by Crippen LogP contribution is 2.43. The lowest BCUT2D eigenvalue weighted by atomic mass is 9.85. The molecular formula is C36H35F7N4O6. The molecule has 53 heavy (non-hydrogen) atoms. The van der Waals surface area contributed by atoms with Crippen LogP contribution in [0.5, 0.6) is 0 Å². The number of hydrogen-bond acceptors (Lipinski definition) is 7. The first-order valence-corrected chi connectivity index (χ1v) is 16.8. The van der Waals surface area contributed by atoms with Crippen molar-refractivity contribution in [3.63, 3.8) is 0 Å². The monoisotopic (exact) mass is 752 g/mol. The van der Waals surface area contributed by atoms with Crippen LogP contribution in [0.25, 0.3) is 0 Å². The maximum Gasteiger partial charge on any atom is 0.449 e. The quantitative estimate of drug-likeness (QED) is 0.133. The third-order valence-corrected chi connectivity index (χ3v) is 9.73. The third-order valence-electron chi connectivity index (χ3n) is 9.73. The summed E-state index contributed by atoms with van der Waals surface area (Å²) in [5.41, 5.74) is -4.44. The predicted molar refractivity (Wildman–Crippen MR) is 174 cm³/mol. The second kappa shape index (κ2) is 14.9. The molecule has 1 saturated heterocycles. The Morgan fingerprint density at radius 3 is 2.26 bits per heavy atom. The van der Waals surface area contributed by atoms with Gasteiger partial charge in [0.05, 0.1) is 49.1 Å². The zero-order valence-corrected chi connectivity index (χ0v) is 28.1. The van der Waals surface area contributed by atoms with Gasteiger partial charge in [0.25, 0.3) is 5.56 Å². The molecule has 0 bridgehead atoms. The number of aromatic nitrogens is 2. The van der Waals surface area contributed by atoms with Gasteiger partial charge in [0, 0.05) is 25.1 Å². The summed E-state index contributed by atoms with van der Waals surface area (Å²) in [7, 11) is 0. The van der Waals surface area contributed by atoms with Crippen LogP contribution in [-0.2, 0) is 53.7 Å². The van der Waals surface area contributed by atoms with Gasteiger partial charge in [-0.1, -0.05) is 36.4 Å². The Labute approximate surface area is 297 Å². The Hall–Kier alpha value is -4.74. The van der Waals surface area contributed by atoms with E-state index in [-0.39, 0.29) is 82.0 Å². The number of piperidine rings is 1. The van der Waals surface area contributed by atoms with Crippen LogP contribution in [0.2, 0.25) is 0 Å². The van der Waals surface area contributed by atoms with E-state index in [1.165, 1.54) is 6.07 Å². The van der Waals surface area contributed by atoms with Crippen molar-refractivity contribution in [2.45, 2.75) is 75.9 Å². The second-order valence-electron chi connectivity index (χ2n) is 13.1. The van der Waals surface area contributed by atoms with Crippen LogP contribution in [0.4, 0.5) is 30.7 Å². The average molecular weight is 753 g/mol. The van der Waals surface area contributed by atoms with Crippen molar-refractivity contribution in [1.29, 1.82) is 0 Å². The number of furan rings is 1. The molecule has 2 aromatic carbocycles. The number of carbonyl (C=O) groups is 1. The summed E-state index contributed by atoms with van der Waals surface area (Å²) in [5.74, 6) is -3.28. The number of benzene rings is 2. The summed E-state index contributed by atoms with van der Waals surface area (Å²) in [6.07, 6.45) is -9.26. The molecule has 0 amide bonds. The third kappa shape index (κ3) is 8.11. The fourth-order valence-electron chi connectivity index (χ4n) is 7.07. The molecule has 1 atom stereocenters. The Morgan fingerprint density at radius 2 is 1.62 bits per heavy atom. The van der Waals surface area contributed by atoms with Crippen LogP contribution in [0, 0.1) is 5.82 Å². The van der Waals surface area contributed by atoms with Crippen LogP contribution in [0.1, 0.15) is 71.2 Å². The lowest BCUT2D eigenvalue weighted by molar-refractivity contribution is -0.153. The Morgan fingerprint density at radius 1 is 0.906 bits per heavy atom. The molecule has 6 rings (SSSR count). The molecule has 2 aliphatic rings. The summed E-state index contributed by atoms with van der Waals surface area (Å²) >= 11 is 0. The zero-order chi connectivity index (χ0) is 38.1. The van der Waals surface area contributed by atoms with Crippen molar-refractivity contribution in [2.75, 3.05) is 19.6 Å². The molecule has 1 unspecified atom stereocenters. The Balaban J connectivity index is 1.40. The number of hydrogen-bond donors (Lipinski definition) is 2. The first kappa shape index (κ1) is 38.0. The number of nitrogens with one attached hydrogen (secondary N) is 1. The average Bonchev–Trinajstić information content (AvgIpc) is 3.73. The minimum atomic E-state index is -4.96. The van der Waals surface area contributed by atoms with E-state index in [9.17, 15) is 40.7 Å². The van der Waals surface area contributed by atoms with Crippen LogP contribution in [0.15, 0.2) is 74.7 Å². The first-order valence-electron chi connectivity index (χ1n) is 16.8. The molecule has 2 N–H and O–H groups in total. The fourth-order valence-corrected chi connectivity index (χ4v) is 7.07. The first-order chi connectivity index (χ1) is 25.1. The Kier molecular flexibility index (Phi) is 10.7. The molecule has 1 spiro atoms. The second-order valence-corrected chi connectivity index (χ2v) is 13.1. The molecule has 0 radical (unpaired) electrons. The standard InChI is InChI=1S/C36H35F7N4O6/c37-26-9-4-8-25(35(38,39)40)24(26)19-46-28-21-52-34(13-16-45(17-14-34)18-23-11-12-29(53-23)36(41,42)43)31(28)32(50)47(33(46)51)20-27(22-6-2-1-3-7-22)44-15-5-10-30(48)49/h1-4,6-9,11-12,27,44H,5,10,13-21H2,(H,48,49). The molecule has 4 aromatic rings. The largest absolute Gasteiger partial charge is 0.481 e. The predicted octanol–water partition coefficient (Wildman–Crippen LogP) is 6.05. The molecule has 0 saturated carbocycles. The fraction of sp³-hybridized carbons (Fsp3) is 0.417. The SMILES string of the molecule is O=C(O)CCCNC(Cn1c(=O)c2c(n(Cc3c(F)cccc3C(F)(F)F)c1=O)COC21CCN(Cc2ccc(C(F)(F)F)o2)CC1)c1ccccc1. The van der Waals surface area contributed by atoms with Crippen molar-refractivity contribution >= 4 is 5.97 Å². The number of aliphatic carboxylic acids is 1. The van der Waals surface area contributed by atoms with Gasteiger partial charge in [-0.05, 0) is 55.6 Å². The van der Waals surface area contributed by atoms with E-state index in [1.807, 2.05) is 4.90 Å². The molecule has 1 fully saturated rings. The normalized spacial score (nSPS) is 16.6. The summed E-state index contributed by atoms with van der Waals surface area (Å²) < 4.78 is 110. The van der Waals surface area contributed by atoms with Crippen LogP contribution >= 0.6 is 0 Å². The summed E-state index contributed by atoms with van der Waals surface area (Å²) in [5, 5.41) is 12.3. The van der Waals surface area contributed by atoms with E-state index in [0.717, 1.165) is 27.3 Å². The number of nitrogens with zero attached hydrogens (tertiary/aromatic N) is 3. The molecular weight excluding hydrogens is 717 g/mol. The zero-order valence-electron chi connectivity index (χ0n) is 28.1. The minimum Gasteiger partial charge on any atom is -0.481 e.